The van der Waals surface area contributed by atoms with Gasteiger partial charge in [0.15, 0.2) is 0 Å². The summed E-state index contributed by atoms with van der Waals surface area (Å²) in [4.78, 5) is 12.5. The third kappa shape index (κ3) is 4.75. The molecule has 4 nitrogen and oxygen atoms in total. The van der Waals surface area contributed by atoms with Gasteiger partial charge >= 0.3 is 5.97 Å². The number of carbonyl (C=O) groups excluding carboxylic acids is 1. The number of ether oxygens (including phenoxy) is 1. The third-order valence-corrected chi connectivity index (χ3v) is 5.47. The van der Waals surface area contributed by atoms with Crippen molar-refractivity contribution in [3.05, 3.63) is 58.6 Å². The van der Waals surface area contributed by atoms with Gasteiger partial charge in [0.25, 0.3) is 0 Å². The van der Waals surface area contributed by atoms with Gasteiger partial charge in [-0.25, -0.2) is 4.72 Å². The molecule has 1 aliphatic rings. The Kier molecular flexibility index (Phi) is 6.18. The Balaban J connectivity index is 1.44. The maximum absolute atomic E-state index is 11.4. The van der Waals surface area contributed by atoms with Crippen LogP contribution in [0.25, 0.3) is 0 Å². The number of nitrogens with one attached hydrogen (secondary N) is 2. The maximum atomic E-state index is 11.4. The topological polar surface area (TPSA) is 50.4 Å². The molecule has 1 unspecified atom stereocenters. The fourth-order valence-corrected chi connectivity index (χ4v) is 3.67. The third-order valence-electron chi connectivity index (χ3n) is 3.79. The standard InChI is InChI=1S/C18H19BrN2O2S/c19-16-4-2-1-3-13(16)9-11-20-14-5-7-15(8-6-14)24-21-17-10-12-23-18(17)22/h1-8,17,20-21H,9-12H2. The van der Waals surface area contributed by atoms with E-state index in [1.807, 2.05) is 18.2 Å². The lowest BCUT2D eigenvalue weighted by Crippen LogP contribution is -2.27. The van der Waals surface area contributed by atoms with Crippen molar-refractivity contribution in [3.8, 4) is 0 Å². The molecular formula is C18H19BrN2O2S. The molecular weight excluding hydrogens is 388 g/mol. The van der Waals surface area contributed by atoms with Crippen molar-refractivity contribution in [1.82, 2.24) is 4.72 Å². The molecule has 1 saturated heterocycles. The van der Waals surface area contributed by atoms with Crippen molar-refractivity contribution in [3.63, 3.8) is 0 Å². The molecule has 2 aromatic carbocycles. The summed E-state index contributed by atoms with van der Waals surface area (Å²) in [7, 11) is 0. The van der Waals surface area contributed by atoms with Gasteiger partial charge in [0, 0.05) is 28.0 Å². The van der Waals surface area contributed by atoms with E-state index in [2.05, 4.69) is 56.3 Å². The van der Waals surface area contributed by atoms with Crippen LogP contribution in [0.5, 0.6) is 0 Å². The van der Waals surface area contributed by atoms with Gasteiger partial charge in [-0.05, 0) is 54.3 Å². The highest BCUT2D eigenvalue weighted by Gasteiger charge is 2.25. The summed E-state index contributed by atoms with van der Waals surface area (Å²) in [5.41, 5.74) is 2.39. The quantitative estimate of drug-likeness (QED) is 0.537. The van der Waals surface area contributed by atoms with Crippen molar-refractivity contribution in [1.29, 1.82) is 0 Å². The molecule has 0 aliphatic carbocycles. The van der Waals surface area contributed by atoms with Crippen molar-refractivity contribution in [2.45, 2.75) is 23.8 Å². The zero-order valence-electron chi connectivity index (χ0n) is 13.1. The molecule has 0 bridgehead atoms. The number of esters is 1. The van der Waals surface area contributed by atoms with Gasteiger partial charge in [-0.1, -0.05) is 34.1 Å². The first-order valence-corrected chi connectivity index (χ1v) is 9.50. The molecule has 2 N–H and O–H groups in total. The second-order valence-corrected chi connectivity index (χ2v) is 7.29. The van der Waals surface area contributed by atoms with E-state index in [1.165, 1.54) is 17.5 Å². The minimum Gasteiger partial charge on any atom is -0.464 e. The summed E-state index contributed by atoms with van der Waals surface area (Å²) in [6, 6.07) is 16.3. The number of anilines is 1. The van der Waals surface area contributed by atoms with E-state index in [9.17, 15) is 4.79 Å². The highest BCUT2D eigenvalue weighted by Crippen LogP contribution is 2.21. The van der Waals surface area contributed by atoms with Crippen LogP contribution >= 0.6 is 27.9 Å². The molecule has 6 heteroatoms. The average Bonchev–Trinajstić information content (AvgIpc) is 3.01. The Hall–Kier alpha value is -1.50. The van der Waals surface area contributed by atoms with Crippen LogP contribution < -0.4 is 10.0 Å². The van der Waals surface area contributed by atoms with E-state index >= 15 is 0 Å². The lowest BCUT2D eigenvalue weighted by molar-refractivity contribution is -0.139. The highest BCUT2D eigenvalue weighted by atomic mass is 79.9. The van der Waals surface area contributed by atoms with E-state index < -0.39 is 0 Å². The number of hydrogen-bond donors (Lipinski definition) is 2. The van der Waals surface area contributed by atoms with Crippen LogP contribution in [-0.4, -0.2) is 25.2 Å². The second-order valence-electron chi connectivity index (χ2n) is 5.52. The summed E-state index contributed by atoms with van der Waals surface area (Å²) < 4.78 is 9.24. The molecule has 0 amide bonds. The summed E-state index contributed by atoms with van der Waals surface area (Å²) in [5.74, 6) is -0.159. The number of hydrogen-bond acceptors (Lipinski definition) is 5. The Morgan fingerprint density at radius 2 is 1.96 bits per heavy atom. The van der Waals surface area contributed by atoms with Gasteiger partial charge in [0.2, 0.25) is 0 Å². The van der Waals surface area contributed by atoms with Crippen LogP contribution in [0, 0.1) is 0 Å². The Labute approximate surface area is 154 Å². The van der Waals surface area contributed by atoms with E-state index in [1.54, 1.807) is 0 Å². The molecule has 126 valence electrons. The van der Waals surface area contributed by atoms with E-state index in [0.29, 0.717) is 6.61 Å². The Bertz CT molecular complexity index is 694. The van der Waals surface area contributed by atoms with E-state index in [-0.39, 0.29) is 12.0 Å². The largest absolute Gasteiger partial charge is 0.464 e. The fraction of sp³-hybridized carbons (Fsp3) is 0.278. The zero-order valence-corrected chi connectivity index (χ0v) is 15.5. The molecule has 0 radical (unpaired) electrons. The smallest absolute Gasteiger partial charge is 0.324 e. The van der Waals surface area contributed by atoms with Crippen molar-refractivity contribution in [2.24, 2.45) is 0 Å². The molecule has 2 aromatic rings. The molecule has 3 rings (SSSR count). The monoisotopic (exact) mass is 406 g/mol. The predicted octanol–water partition coefficient (Wildman–Crippen LogP) is 4.02. The van der Waals surface area contributed by atoms with Gasteiger partial charge in [-0.15, -0.1) is 0 Å². The maximum Gasteiger partial charge on any atom is 0.324 e. The minimum atomic E-state index is -0.197. The second kappa shape index (κ2) is 8.55. The minimum absolute atomic E-state index is 0.159. The number of rotatable bonds is 7. The molecule has 1 fully saturated rings. The zero-order chi connectivity index (χ0) is 16.8. The average molecular weight is 407 g/mol. The van der Waals surface area contributed by atoms with Crippen molar-refractivity contribution < 1.29 is 9.53 Å². The molecule has 1 heterocycles. The number of carbonyl (C=O) groups is 1. The number of cyclic esters (lactones) is 1. The lowest BCUT2D eigenvalue weighted by Gasteiger charge is -2.10. The first-order valence-electron chi connectivity index (χ1n) is 7.89. The van der Waals surface area contributed by atoms with Crippen LogP contribution in [0.4, 0.5) is 5.69 Å². The number of halogens is 1. The van der Waals surface area contributed by atoms with Gasteiger partial charge in [-0.3, -0.25) is 4.79 Å². The van der Waals surface area contributed by atoms with E-state index in [4.69, 9.17) is 4.74 Å². The van der Waals surface area contributed by atoms with Gasteiger partial charge in [0.05, 0.1) is 6.61 Å². The number of benzene rings is 2. The van der Waals surface area contributed by atoms with Crippen molar-refractivity contribution >= 4 is 39.5 Å². The SMILES string of the molecule is O=C1OCCC1NSc1ccc(NCCc2ccccc2Br)cc1. The molecule has 0 saturated carbocycles. The molecule has 1 atom stereocenters. The highest BCUT2D eigenvalue weighted by molar-refractivity contribution is 9.10. The fourth-order valence-electron chi connectivity index (χ4n) is 2.43. The first kappa shape index (κ1) is 17.3. The van der Waals surface area contributed by atoms with Crippen LogP contribution in [0.2, 0.25) is 0 Å². The summed E-state index contributed by atoms with van der Waals surface area (Å²) in [5, 5.41) is 3.43. The van der Waals surface area contributed by atoms with Gasteiger partial charge in [0.1, 0.15) is 6.04 Å². The Morgan fingerprint density at radius 1 is 1.17 bits per heavy atom. The van der Waals surface area contributed by atoms with Crippen LogP contribution in [-0.2, 0) is 16.0 Å². The molecule has 0 spiro atoms. The lowest BCUT2D eigenvalue weighted by atomic mass is 10.1. The molecule has 0 aromatic heterocycles. The summed E-state index contributed by atoms with van der Waals surface area (Å²) in [6.45, 7) is 1.39. The normalized spacial score (nSPS) is 16.9. The first-order chi connectivity index (χ1) is 11.7. The van der Waals surface area contributed by atoms with Crippen molar-refractivity contribution in [2.75, 3.05) is 18.5 Å². The van der Waals surface area contributed by atoms with Crippen LogP contribution in [0.3, 0.4) is 0 Å². The van der Waals surface area contributed by atoms with Crippen LogP contribution in [0.1, 0.15) is 12.0 Å². The summed E-state index contributed by atoms with van der Waals surface area (Å²) >= 11 is 5.04. The predicted molar refractivity (Wildman–Crippen MR) is 101 cm³/mol. The Morgan fingerprint density at radius 3 is 2.67 bits per heavy atom. The molecule has 1 aliphatic heterocycles. The van der Waals surface area contributed by atoms with Gasteiger partial charge in [-0.2, -0.15) is 0 Å². The van der Waals surface area contributed by atoms with Crippen LogP contribution in [0.15, 0.2) is 57.9 Å². The van der Waals surface area contributed by atoms with Gasteiger partial charge < -0.3 is 10.1 Å². The summed E-state index contributed by atoms with van der Waals surface area (Å²) in [6.07, 6.45) is 1.70. The molecule has 24 heavy (non-hydrogen) atoms. The van der Waals surface area contributed by atoms with E-state index in [0.717, 1.165) is 34.4 Å².